The summed E-state index contributed by atoms with van der Waals surface area (Å²) in [7, 11) is 2.01. The van der Waals surface area contributed by atoms with Gasteiger partial charge in [-0.15, -0.1) is 0 Å². The minimum Gasteiger partial charge on any atom is -0.324 e. The van der Waals surface area contributed by atoms with Crippen LogP contribution in [0.2, 0.25) is 10.0 Å². The lowest BCUT2D eigenvalue weighted by molar-refractivity contribution is -0.907. The maximum Gasteiger partial charge on any atom is 0.282 e. The van der Waals surface area contributed by atoms with E-state index in [1.165, 1.54) is 11.1 Å². The summed E-state index contributed by atoms with van der Waals surface area (Å²) < 4.78 is 0. The molecule has 0 spiro atoms. The Morgan fingerprint density at radius 2 is 1.91 bits per heavy atom. The molecule has 0 aromatic heterocycles. The van der Waals surface area contributed by atoms with Gasteiger partial charge in [0.1, 0.15) is 6.54 Å². The molecule has 2 atom stereocenters. The second-order valence-electron chi connectivity index (χ2n) is 5.78. The SMILES string of the molecule is Cc1ccccc1C[NH+](C)[C@@H](C)C(=O)Nc1ccc(Cl)cc1Cl. The molecule has 23 heavy (non-hydrogen) atoms. The van der Waals surface area contributed by atoms with E-state index in [1.54, 1.807) is 18.2 Å². The number of halogens is 2. The summed E-state index contributed by atoms with van der Waals surface area (Å²) >= 11 is 12.0. The molecule has 2 aromatic rings. The van der Waals surface area contributed by atoms with Gasteiger partial charge in [-0.2, -0.15) is 0 Å². The number of amides is 1. The summed E-state index contributed by atoms with van der Waals surface area (Å²) in [6, 6.07) is 13.1. The molecular weight excluding hydrogens is 331 g/mol. The fourth-order valence-corrected chi connectivity index (χ4v) is 2.77. The molecule has 2 N–H and O–H groups in total. The van der Waals surface area contributed by atoms with E-state index in [0.717, 1.165) is 11.4 Å². The highest BCUT2D eigenvalue weighted by Crippen LogP contribution is 2.25. The molecule has 0 saturated carbocycles. The zero-order valence-electron chi connectivity index (χ0n) is 13.5. The number of quaternary nitrogens is 1. The summed E-state index contributed by atoms with van der Waals surface area (Å²) in [5, 5.41) is 3.85. The highest BCUT2D eigenvalue weighted by Gasteiger charge is 2.23. The molecule has 1 amide bonds. The van der Waals surface area contributed by atoms with Crippen LogP contribution in [0.1, 0.15) is 18.1 Å². The van der Waals surface area contributed by atoms with Crippen molar-refractivity contribution in [3.63, 3.8) is 0 Å². The standard InChI is InChI=1S/C18H20Cl2N2O/c1-12-6-4-5-7-14(12)11-22(3)13(2)18(23)21-17-9-8-15(19)10-16(17)20/h4-10,13H,11H2,1-3H3,(H,21,23)/p+1/t13-/m0/s1. The Balaban J connectivity index is 2.02. The molecule has 0 aliphatic rings. The van der Waals surface area contributed by atoms with E-state index in [0.29, 0.717) is 15.7 Å². The summed E-state index contributed by atoms with van der Waals surface area (Å²) in [6.07, 6.45) is 0. The van der Waals surface area contributed by atoms with Crippen LogP contribution in [0.3, 0.4) is 0 Å². The van der Waals surface area contributed by atoms with Crippen molar-refractivity contribution < 1.29 is 9.69 Å². The Morgan fingerprint density at radius 3 is 2.57 bits per heavy atom. The number of likely N-dealkylation sites (N-methyl/N-ethyl adjacent to an activating group) is 1. The van der Waals surface area contributed by atoms with Gasteiger partial charge in [0.25, 0.3) is 5.91 Å². The van der Waals surface area contributed by atoms with E-state index >= 15 is 0 Å². The van der Waals surface area contributed by atoms with Crippen molar-refractivity contribution in [2.75, 3.05) is 12.4 Å². The highest BCUT2D eigenvalue weighted by atomic mass is 35.5. The van der Waals surface area contributed by atoms with Gasteiger partial charge < -0.3 is 10.2 Å². The van der Waals surface area contributed by atoms with Crippen molar-refractivity contribution >= 4 is 34.8 Å². The summed E-state index contributed by atoms with van der Waals surface area (Å²) in [5.74, 6) is -0.0692. The largest absolute Gasteiger partial charge is 0.324 e. The molecule has 0 aliphatic heterocycles. The molecule has 0 bridgehead atoms. The quantitative estimate of drug-likeness (QED) is 0.850. The van der Waals surface area contributed by atoms with Crippen LogP contribution in [0.25, 0.3) is 0 Å². The smallest absolute Gasteiger partial charge is 0.282 e. The number of carbonyl (C=O) groups is 1. The molecule has 5 heteroatoms. The van der Waals surface area contributed by atoms with Gasteiger partial charge in [-0.05, 0) is 37.6 Å². The molecule has 0 heterocycles. The van der Waals surface area contributed by atoms with Crippen molar-refractivity contribution in [3.8, 4) is 0 Å². The second kappa shape index (κ2) is 7.82. The van der Waals surface area contributed by atoms with Crippen LogP contribution < -0.4 is 10.2 Å². The third kappa shape index (κ3) is 4.71. The number of hydrogen-bond acceptors (Lipinski definition) is 1. The topological polar surface area (TPSA) is 33.5 Å². The fourth-order valence-electron chi connectivity index (χ4n) is 2.32. The van der Waals surface area contributed by atoms with Crippen LogP contribution in [0.4, 0.5) is 5.69 Å². The van der Waals surface area contributed by atoms with Crippen LogP contribution in [-0.4, -0.2) is 19.0 Å². The molecule has 2 rings (SSSR count). The van der Waals surface area contributed by atoms with Gasteiger partial charge in [0.15, 0.2) is 6.04 Å². The predicted molar refractivity (Wildman–Crippen MR) is 96.3 cm³/mol. The molecule has 1 unspecified atom stereocenters. The monoisotopic (exact) mass is 351 g/mol. The first kappa shape index (κ1) is 17.8. The van der Waals surface area contributed by atoms with E-state index in [4.69, 9.17) is 23.2 Å². The zero-order valence-corrected chi connectivity index (χ0v) is 15.0. The van der Waals surface area contributed by atoms with Crippen molar-refractivity contribution in [3.05, 3.63) is 63.6 Å². The van der Waals surface area contributed by atoms with Crippen molar-refractivity contribution in [2.45, 2.75) is 26.4 Å². The normalized spacial score (nSPS) is 13.4. The first-order valence-corrected chi connectivity index (χ1v) is 8.27. The van der Waals surface area contributed by atoms with E-state index in [1.807, 2.05) is 26.1 Å². The zero-order chi connectivity index (χ0) is 17.0. The number of rotatable bonds is 5. The van der Waals surface area contributed by atoms with Gasteiger partial charge in [-0.25, -0.2) is 0 Å². The number of benzene rings is 2. The van der Waals surface area contributed by atoms with Crippen LogP contribution in [0.15, 0.2) is 42.5 Å². The molecule has 3 nitrogen and oxygen atoms in total. The lowest BCUT2D eigenvalue weighted by Crippen LogP contribution is -3.12. The minimum absolute atomic E-state index is 0.0692. The van der Waals surface area contributed by atoms with E-state index in [-0.39, 0.29) is 11.9 Å². The molecule has 0 saturated heterocycles. The number of anilines is 1. The molecule has 0 radical (unpaired) electrons. The first-order valence-electron chi connectivity index (χ1n) is 7.51. The van der Waals surface area contributed by atoms with Gasteiger partial charge in [0.2, 0.25) is 0 Å². The van der Waals surface area contributed by atoms with Crippen LogP contribution in [-0.2, 0) is 11.3 Å². The van der Waals surface area contributed by atoms with Gasteiger partial charge in [0.05, 0.1) is 17.8 Å². The average molecular weight is 352 g/mol. The number of carbonyl (C=O) groups excluding carboxylic acids is 1. The first-order chi connectivity index (χ1) is 10.9. The maximum atomic E-state index is 12.4. The van der Waals surface area contributed by atoms with Crippen LogP contribution >= 0.6 is 23.2 Å². The van der Waals surface area contributed by atoms with Crippen molar-refractivity contribution in [2.24, 2.45) is 0 Å². The Morgan fingerprint density at radius 1 is 1.22 bits per heavy atom. The number of nitrogens with one attached hydrogen (secondary N) is 2. The average Bonchev–Trinajstić information content (AvgIpc) is 2.51. The lowest BCUT2D eigenvalue weighted by atomic mass is 10.1. The third-order valence-corrected chi connectivity index (χ3v) is 4.60. The minimum atomic E-state index is -0.207. The highest BCUT2D eigenvalue weighted by molar-refractivity contribution is 6.36. The summed E-state index contributed by atoms with van der Waals surface area (Å²) in [6.45, 7) is 4.78. The summed E-state index contributed by atoms with van der Waals surface area (Å²) in [5.41, 5.74) is 3.06. The number of hydrogen-bond donors (Lipinski definition) is 2. The lowest BCUT2D eigenvalue weighted by Gasteiger charge is -2.22. The Labute approximate surface area is 147 Å². The number of aryl methyl sites for hydroxylation is 1. The fraction of sp³-hybridized carbons (Fsp3) is 0.278. The van der Waals surface area contributed by atoms with Crippen LogP contribution in [0, 0.1) is 6.92 Å². The van der Waals surface area contributed by atoms with Crippen molar-refractivity contribution in [1.29, 1.82) is 0 Å². The Hall–Kier alpha value is -1.55. The van der Waals surface area contributed by atoms with E-state index in [9.17, 15) is 4.79 Å². The Bertz CT molecular complexity index is 703. The van der Waals surface area contributed by atoms with Gasteiger partial charge in [-0.3, -0.25) is 4.79 Å². The van der Waals surface area contributed by atoms with Gasteiger partial charge in [-0.1, -0.05) is 47.5 Å². The predicted octanol–water partition coefficient (Wildman–Crippen LogP) is 3.34. The van der Waals surface area contributed by atoms with Gasteiger partial charge in [0, 0.05) is 10.6 Å². The van der Waals surface area contributed by atoms with E-state index < -0.39 is 0 Å². The molecule has 122 valence electrons. The summed E-state index contributed by atoms with van der Waals surface area (Å²) in [4.78, 5) is 13.6. The molecular formula is C18H21Cl2N2O+. The molecule has 0 fully saturated rings. The molecule has 2 aromatic carbocycles. The third-order valence-electron chi connectivity index (χ3n) is 4.05. The van der Waals surface area contributed by atoms with Crippen LogP contribution in [0.5, 0.6) is 0 Å². The maximum absolute atomic E-state index is 12.4. The van der Waals surface area contributed by atoms with Gasteiger partial charge >= 0.3 is 0 Å². The van der Waals surface area contributed by atoms with E-state index in [2.05, 4.69) is 24.4 Å². The van der Waals surface area contributed by atoms with Crippen molar-refractivity contribution in [1.82, 2.24) is 0 Å². The second-order valence-corrected chi connectivity index (χ2v) is 6.63. The molecule has 0 aliphatic carbocycles. The Kier molecular flexibility index (Phi) is 6.05.